The van der Waals surface area contributed by atoms with E-state index in [-0.39, 0.29) is 0 Å². The minimum absolute atomic E-state index is 0.440. The fraction of sp³-hybridized carbons (Fsp3) is 1.00. The number of unbranched alkanes of at least 4 members (excludes halogenated alkanes) is 9. The van der Waals surface area contributed by atoms with Crippen LogP contribution in [0, 0.1) is 0 Å². The Bertz CT molecular complexity index is 215. The maximum atomic E-state index is 10.5. The zero-order chi connectivity index (χ0) is 13.7. The van der Waals surface area contributed by atoms with E-state index in [1.54, 1.807) is 0 Å². The summed E-state index contributed by atoms with van der Waals surface area (Å²) in [7, 11) is -3.97. The third-order valence-corrected chi connectivity index (χ3v) is 3.42. The first-order chi connectivity index (χ1) is 8.56. The predicted octanol–water partition coefficient (Wildman–Crippen LogP) is 4.06. The van der Waals surface area contributed by atoms with Gasteiger partial charge in [-0.05, 0) is 6.42 Å². The summed E-state index contributed by atoms with van der Waals surface area (Å²) >= 11 is 0. The van der Waals surface area contributed by atoms with Gasteiger partial charge in [-0.15, -0.1) is 0 Å². The predicted molar refractivity (Wildman–Crippen MR) is 74.7 cm³/mol. The molecule has 0 aromatic heterocycles. The van der Waals surface area contributed by atoms with Crippen molar-refractivity contribution in [2.45, 2.75) is 71.1 Å². The van der Waals surface area contributed by atoms with Crippen LogP contribution in [0.3, 0.4) is 0 Å². The Morgan fingerprint density at radius 3 is 1.72 bits per heavy atom. The van der Waals surface area contributed by atoms with Gasteiger partial charge in [-0.1, -0.05) is 64.7 Å². The van der Waals surface area contributed by atoms with Gasteiger partial charge in [0.05, 0.1) is 0 Å². The monoisotopic (exact) mass is 280 g/mol. The highest BCUT2D eigenvalue weighted by Gasteiger charge is 2.11. The highest BCUT2D eigenvalue weighted by Crippen LogP contribution is 2.33. The molecule has 0 bridgehead atoms. The standard InChI is InChI=1S/C13H29O4P/c1-2-3-4-5-6-7-8-9-10-11-12-17-13-18(14,15)16/h2-13H2,1H3,(H2,14,15,16). The summed E-state index contributed by atoms with van der Waals surface area (Å²) in [6, 6.07) is 0. The maximum absolute atomic E-state index is 10.5. The van der Waals surface area contributed by atoms with Crippen LogP contribution in [0.1, 0.15) is 71.1 Å². The van der Waals surface area contributed by atoms with Gasteiger partial charge in [0.2, 0.25) is 0 Å². The van der Waals surface area contributed by atoms with Gasteiger partial charge < -0.3 is 14.5 Å². The Labute approximate surface area is 111 Å². The fourth-order valence-electron chi connectivity index (χ4n) is 1.88. The smallest absolute Gasteiger partial charge is 0.350 e. The molecule has 0 heterocycles. The zero-order valence-electron chi connectivity index (χ0n) is 11.6. The average molecular weight is 280 g/mol. The minimum Gasteiger partial charge on any atom is -0.369 e. The quantitative estimate of drug-likeness (QED) is 0.394. The molecule has 0 aromatic rings. The molecule has 4 nitrogen and oxygen atoms in total. The van der Waals surface area contributed by atoms with E-state index >= 15 is 0 Å². The second-order valence-electron chi connectivity index (χ2n) is 4.88. The van der Waals surface area contributed by atoms with Gasteiger partial charge in [0, 0.05) is 6.61 Å². The van der Waals surface area contributed by atoms with Gasteiger partial charge in [-0.25, -0.2) is 0 Å². The second kappa shape index (κ2) is 12.2. The summed E-state index contributed by atoms with van der Waals surface area (Å²) in [4.78, 5) is 17.1. The molecule has 0 unspecified atom stereocenters. The number of hydrogen-bond donors (Lipinski definition) is 2. The maximum Gasteiger partial charge on any atom is 0.350 e. The molecule has 0 saturated heterocycles. The minimum atomic E-state index is -3.97. The SMILES string of the molecule is CCCCCCCCCCCCOCP(=O)(O)O. The van der Waals surface area contributed by atoms with E-state index in [9.17, 15) is 4.57 Å². The molecule has 0 rings (SSSR count). The van der Waals surface area contributed by atoms with Crippen LogP contribution in [-0.2, 0) is 9.30 Å². The van der Waals surface area contributed by atoms with Gasteiger partial charge in [0.15, 0.2) is 0 Å². The van der Waals surface area contributed by atoms with E-state index in [0.29, 0.717) is 6.61 Å². The normalized spacial score (nSPS) is 11.9. The number of hydrogen-bond acceptors (Lipinski definition) is 2. The molecular formula is C13H29O4P. The van der Waals surface area contributed by atoms with Crippen LogP contribution in [0.2, 0.25) is 0 Å². The van der Waals surface area contributed by atoms with Crippen LogP contribution >= 0.6 is 7.60 Å². The van der Waals surface area contributed by atoms with Crippen molar-refractivity contribution in [2.75, 3.05) is 13.0 Å². The van der Waals surface area contributed by atoms with E-state index in [0.717, 1.165) is 12.8 Å². The van der Waals surface area contributed by atoms with Crippen LogP contribution < -0.4 is 0 Å². The first kappa shape index (κ1) is 18.1. The molecule has 0 aromatic carbocycles. The third-order valence-electron chi connectivity index (χ3n) is 2.90. The van der Waals surface area contributed by atoms with Crippen molar-refractivity contribution in [3.63, 3.8) is 0 Å². The summed E-state index contributed by atoms with van der Waals surface area (Å²) in [6.45, 7) is 2.69. The molecule has 0 radical (unpaired) electrons. The van der Waals surface area contributed by atoms with E-state index in [1.807, 2.05) is 0 Å². The largest absolute Gasteiger partial charge is 0.369 e. The van der Waals surface area contributed by atoms with E-state index < -0.39 is 13.9 Å². The molecule has 0 saturated carbocycles. The van der Waals surface area contributed by atoms with Gasteiger partial charge in [0.1, 0.15) is 6.35 Å². The first-order valence-electron chi connectivity index (χ1n) is 7.18. The molecular weight excluding hydrogens is 251 g/mol. The van der Waals surface area contributed by atoms with Crippen molar-refractivity contribution in [3.05, 3.63) is 0 Å². The first-order valence-corrected chi connectivity index (χ1v) is 8.98. The lowest BCUT2D eigenvalue weighted by atomic mass is 10.1. The average Bonchev–Trinajstić information content (AvgIpc) is 2.29. The molecule has 0 spiro atoms. The van der Waals surface area contributed by atoms with E-state index in [1.165, 1.54) is 51.4 Å². The molecule has 0 fully saturated rings. The Kier molecular flexibility index (Phi) is 12.2. The second-order valence-corrected chi connectivity index (χ2v) is 6.47. The summed E-state index contributed by atoms with van der Waals surface area (Å²) in [5.41, 5.74) is 0. The van der Waals surface area contributed by atoms with E-state index in [2.05, 4.69) is 6.92 Å². The van der Waals surface area contributed by atoms with Gasteiger partial charge in [0.25, 0.3) is 0 Å². The van der Waals surface area contributed by atoms with Crippen LogP contribution in [0.5, 0.6) is 0 Å². The highest BCUT2D eigenvalue weighted by atomic mass is 31.2. The third kappa shape index (κ3) is 16.1. The molecule has 18 heavy (non-hydrogen) atoms. The van der Waals surface area contributed by atoms with Crippen LogP contribution in [0.15, 0.2) is 0 Å². The van der Waals surface area contributed by atoms with Crippen molar-refractivity contribution in [1.29, 1.82) is 0 Å². The van der Waals surface area contributed by atoms with Crippen molar-refractivity contribution in [2.24, 2.45) is 0 Å². The molecule has 2 N–H and O–H groups in total. The lowest BCUT2D eigenvalue weighted by Crippen LogP contribution is -1.97. The number of ether oxygens (including phenoxy) is 1. The molecule has 0 aliphatic heterocycles. The Morgan fingerprint density at radius 1 is 0.833 bits per heavy atom. The van der Waals surface area contributed by atoms with Crippen molar-refractivity contribution in [1.82, 2.24) is 0 Å². The highest BCUT2D eigenvalue weighted by molar-refractivity contribution is 7.51. The topological polar surface area (TPSA) is 66.8 Å². The van der Waals surface area contributed by atoms with Crippen LogP contribution in [0.4, 0.5) is 0 Å². The van der Waals surface area contributed by atoms with Crippen molar-refractivity contribution < 1.29 is 19.1 Å². The van der Waals surface area contributed by atoms with Crippen molar-refractivity contribution >= 4 is 7.60 Å². The van der Waals surface area contributed by atoms with Gasteiger partial charge in [-0.2, -0.15) is 0 Å². The lowest BCUT2D eigenvalue weighted by molar-refractivity contribution is 0.152. The molecule has 5 heteroatoms. The Balaban J connectivity index is 3.01. The zero-order valence-corrected chi connectivity index (χ0v) is 12.5. The summed E-state index contributed by atoms with van der Waals surface area (Å²) in [6.07, 6.45) is 12.1. The molecule has 0 aliphatic rings. The molecule has 0 amide bonds. The molecule has 0 atom stereocenters. The summed E-state index contributed by atoms with van der Waals surface area (Å²) in [5, 5.41) is 0. The summed E-state index contributed by atoms with van der Waals surface area (Å²) < 4.78 is 15.4. The fourth-order valence-corrected chi connectivity index (χ4v) is 2.24. The number of rotatable bonds is 13. The van der Waals surface area contributed by atoms with Crippen LogP contribution in [-0.4, -0.2) is 22.7 Å². The molecule has 0 aliphatic carbocycles. The van der Waals surface area contributed by atoms with Crippen molar-refractivity contribution in [3.8, 4) is 0 Å². The van der Waals surface area contributed by atoms with Crippen LogP contribution in [0.25, 0.3) is 0 Å². The van der Waals surface area contributed by atoms with Gasteiger partial charge in [-0.3, -0.25) is 4.57 Å². The summed E-state index contributed by atoms with van der Waals surface area (Å²) in [5.74, 6) is 0. The lowest BCUT2D eigenvalue weighted by Gasteiger charge is -2.05. The van der Waals surface area contributed by atoms with E-state index in [4.69, 9.17) is 14.5 Å². The van der Waals surface area contributed by atoms with Gasteiger partial charge >= 0.3 is 7.60 Å². The molecule has 110 valence electrons. The Morgan fingerprint density at radius 2 is 1.28 bits per heavy atom. The Hall–Kier alpha value is 0.110.